The highest BCUT2D eigenvalue weighted by molar-refractivity contribution is 6.01. The predicted molar refractivity (Wildman–Crippen MR) is 94.8 cm³/mol. The lowest BCUT2D eigenvalue weighted by Gasteiger charge is -2.12. The molecule has 0 spiro atoms. The van der Waals surface area contributed by atoms with E-state index in [2.05, 4.69) is 20.8 Å². The molecule has 128 valence electrons. The standard InChI is InChI=1S/C18H18N4O3/c1-11-7-8-16(24-3)15(9-11)21-18(23)20-14-6-4-5-13(10-14)17-19-12(2)25-22-17/h4-10H,1-3H3,(H2,20,21,23). The second-order valence-electron chi connectivity index (χ2n) is 5.50. The molecule has 0 aliphatic rings. The average molecular weight is 338 g/mol. The number of methoxy groups -OCH3 is 1. The smallest absolute Gasteiger partial charge is 0.323 e. The van der Waals surface area contributed by atoms with Gasteiger partial charge in [-0.25, -0.2) is 4.79 Å². The molecule has 0 saturated heterocycles. The molecular formula is C18H18N4O3. The molecule has 0 atom stereocenters. The maximum Gasteiger partial charge on any atom is 0.323 e. The van der Waals surface area contributed by atoms with Crippen LogP contribution in [0, 0.1) is 13.8 Å². The first-order valence-corrected chi connectivity index (χ1v) is 7.68. The largest absolute Gasteiger partial charge is 0.495 e. The van der Waals surface area contributed by atoms with Crippen LogP contribution in [0.15, 0.2) is 47.0 Å². The quantitative estimate of drug-likeness (QED) is 0.750. The normalized spacial score (nSPS) is 10.4. The lowest BCUT2D eigenvalue weighted by molar-refractivity contribution is 0.262. The number of benzene rings is 2. The number of amides is 2. The van der Waals surface area contributed by atoms with Crippen molar-refractivity contribution in [2.45, 2.75) is 13.8 Å². The van der Waals surface area contributed by atoms with Crippen molar-refractivity contribution in [3.63, 3.8) is 0 Å². The molecular weight excluding hydrogens is 320 g/mol. The molecule has 2 aromatic carbocycles. The van der Waals surface area contributed by atoms with Crippen LogP contribution < -0.4 is 15.4 Å². The summed E-state index contributed by atoms with van der Waals surface area (Å²) in [4.78, 5) is 16.5. The number of urea groups is 1. The van der Waals surface area contributed by atoms with Crippen molar-refractivity contribution in [3.8, 4) is 17.1 Å². The second-order valence-corrected chi connectivity index (χ2v) is 5.50. The van der Waals surface area contributed by atoms with Gasteiger partial charge in [0, 0.05) is 18.2 Å². The minimum absolute atomic E-state index is 0.370. The Morgan fingerprint density at radius 2 is 1.96 bits per heavy atom. The van der Waals surface area contributed by atoms with Gasteiger partial charge in [0.1, 0.15) is 5.75 Å². The molecule has 0 fully saturated rings. The minimum atomic E-state index is -0.370. The summed E-state index contributed by atoms with van der Waals surface area (Å²) in [6.45, 7) is 3.67. The number of nitrogens with zero attached hydrogens (tertiary/aromatic N) is 2. The van der Waals surface area contributed by atoms with E-state index in [1.807, 2.05) is 37.3 Å². The average Bonchev–Trinajstić information content (AvgIpc) is 3.02. The van der Waals surface area contributed by atoms with Gasteiger partial charge in [-0.05, 0) is 36.8 Å². The number of carbonyl (C=O) groups is 1. The molecule has 0 unspecified atom stereocenters. The molecule has 0 aliphatic heterocycles. The van der Waals surface area contributed by atoms with Crippen LogP contribution in [-0.4, -0.2) is 23.3 Å². The number of hydrogen-bond donors (Lipinski definition) is 2. The lowest BCUT2D eigenvalue weighted by atomic mass is 10.2. The Morgan fingerprint density at radius 3 is 2.68 bits per heavy atom. The van der Waals surface area contributed by atoms with Gasteiger partial charge in [0.15, 0.2) is 0 Å². The van der Waals surface area contributed by atoms with Crippen LogP contribution >= 0.6 is 0 Å². The summed E-state index contributed by atoms with van der Waals surface area (Å²) in [6.07, 6.45) is 0. The van der Waals surface area contributed by atoms with Crippen molar-refractivity contribution in [2.24, 2.45) is 0 Å². The van der Waals surface area contributed by atoms with Gasteiger partial charge >= 0.3 is 6.03 Å². The number of anilines is 2. The first-order valence-electron chi connectivity index (χ1n) is 7.68. The molecule has 7 nitrogen and oxygen atoms in total. The molecule has 3 rings (SSSR count). The Kier molecular flexibility index (Phi) is 4.65. The van der Waals surface area contributed by atoms with Crippen LogP contribution in [0.5, 0.6) is 5.75 Å². The topological polar surface area (TPSA) is 89.3 Å². The van der Waals surface area contributed by atoms with Crippen LogP contribution in [0.4, 0.5) is 16.2 Å². The third kappa shape index (κ3) is 3.95. The highest BCUT2D eigenvalue weighted by Crippen LogP contribution is 2.26. The molecule has 2 amide bonds. The fourth-order valence-corrected chi connectivity index (χ4v) is 2.36. The Labute approximate surface area is 145 Å². The SMILES string of the molecule is COc1ccc(C)cc1NC(=O)Nc1cccc(-c2noc(C)n2)c1. The monoisotopic (exact) mass is 338 g/mol. The van der Waals surface area contributed by atoms with Crippen LogP contribution in [-0.2, 0) is 0 Å². The highest BCUT2D eigenvalue weighted by atomic mass is 16.5. The van der Waals surface area contributed by atoms with Crippen molar-refractivity contribution in [1.29, 1.82) is 0 Å². The molecule has 0 bridgehead atoms. The van der Waals surface area contributed by atoms with E-state index in [0.717, 1.165) is 11.1 Å². The third-order valence-electron chi connectivity index (χ3n) is 3.51. The van der Waals surface area contributed by atoms with Gasteiger partial charge < -0.3 is 19.9 Å². The van der Waals surface area contributed by atoms with Gasteiger partial charge in [0.05, 0.1) is 12.8 Å². The Balaban J connectivity index is 1.74. The van der Waals surface area contributed by atoms with Crippen molar-refractivity contribution >= 4 is 17.4 Å². The number of ether oxygens (including phenoxy) is 1. The fourth-order valence-electron chi connectivity index (χ4n) is 2.36. The summed E-state index contributed by atoms with van der Waals surface area (Å²) in [5.74, 6) is 1.55. The molecule has 0 radical (unpaired) electrons. The molecule has 0 saturated carbocycles. The van der Waals surface area contributed by atoms with E-state index in [4.69, 9.17) is 9.26 Å². The zero-order valence-electron chi connectivity index (χ0n) is 14.2. The lowest BCUT2D eigenvalue weighted by Crippen LogP contribution is -2.19. The molecule has 1 aromatic heterocycles. The second kappa shape index (κ2) is 7.04. The first-order chi connectivity index (χ1) is 12.0. The van der Waals surface area contributed by atoms with Gasteiger partial charge in [-0.15, -0.1) is 0 Å². The number of rotatable bonds is 4. The summed E-state index contributed by atoms with van der Waals surface area (Å²) < 4.78 is 10.2. The van der Waals surface area contributed by atoms with Crippen molar-refractivity contribution in [1.82, 2.24) is 10.1 Å². The van der Waals surface area contributed by atoms with Gasteiger partial charge in [-0.2, -0.15) is 4.98 Å². The van der Waals surface area contributed by atoms with Gasteiger partial charge in [-0.3, -0.25) is 0 Å². The zero-order chi connectivity index (χ0) is 17.8. The van der Waals surface area contributed by atoms with E-state index in [-0.39, 0.29) is 6.03 Å². The summed E-state index contributed by atoms with van der Waals surface area (Å²) in [6, 6.07) is 12.4. The van der Waals surface area contributed by atoms with E-state index in [9.17, 15) is 4.79 Å². The molecule has 0 aliphatic carbocycles. The molecule has 25 heavy (non-hydrogen) atoms. The van der Waals surface area contributed by atoms with E-state index in [1.165, 1.54) is 0 Å². The van der Waals surface area contributed by atoms with Gasteiger partial charge in [0.25, 0.3) is 0 Å². The Morgan fingerprint density at radius 1 is 1.12 bits per heavy atom. The van der Waals surface area contributed by atoms with Crippen molar-refractivity contribution in [2.75, 3.05) is 17.7 Å². The summed E-state index contributed by atoms with van der Waals surface area (Å²) in [5.41, 5.74) is 2.99. The molecule has 7 heteroatoms. The Hall–Kier alpha value is -3.35. The van der Waals surface area contributed by atoms with E-state index < -0.39 is 0 Å². The number of nitrogens with one attached hydrogen (secondary N) is 2. The zero-order valence-corrected chi connectivity index (χ0v) is 14.2. The number of hydrogen-bond acceptors (Lipinski definition) is 5. The fraction of sp³-hybridized carbons (Fsp3) is 0.167. The molecule has 2 N–H and O–H groups in total. The van der Waals surface area contributed by atoms with Crippen LogP contribution in [0.3, 0.4) is 0 Å². The van der Waals surface area contributed by atoms with Gasteiger partial charge in [0.2, 0.25) is 11.7 Å². The highest BCUT2D eigenvalue weighted by Gasteiger charge is 2.10. The van der Waals surface area contributed by atoms with Crippen molar-refractivity contribution < 1.29 is 14.1 Å². The van der Waals surface area contributed by atoms with Crippen LogP contribution in [0.1, 0.15) is 11.5 Å². The molecule has 3 aromatic rings. The van der Waals surface area contributed by atoms with E-state index in [1.54, 1.807) is 26.2 Å². The summed E-state index contributed by atoms with van der Waals surface area (Å²) in [5, 5.41) is 9.45. The summed E-state index contributed by atoms with van der Waals surface area (Å²) >= 11 is 0. The van der Waals surface area contributed by atoms with Gasteiger partial charge in [-0.1, -0.05) is 23.4 Å². The van der Waals surface area contributed by atoms with Crippen LogP contribution in [0.2, 0.25) is 0 Å². The maximum atomic E-state index is 12.3. The maximum absolute atomic E-state index is 12.3. The van der Waals surface area contributed by atoms with Crippen molar-refractivity contribution in [3.05, 3.63) is 53.9 Å². The predicted octanol–water partition coefficient (Wildman–Crippen LogP) is 4.01. The van der Waals surface area contributed by atoms with E-state index in [0.29, 0.717) is 28.8 Å². The van der Waals surface area contributed by atoms with E-state index >= 15 is 0 Å². The summed E-state index contributed by atoms with van der Waals surface area (Å²) in [7, 11) is 1.56. The minimum Gasteiger partial charge on any atom is -0.495 e. The molecule has 1 heterocycles. The number of aryl methyl sites for hydroxylation is 2. The number of aromatic nitrogens is 2. The Bertz CT molecular complexity index is 905. The first kappa shape index (κ1) is 16.5. The third-order valence-corrected chi connectivity index (χ3v) is 3.51. The van der Waals surface area contributed by atoms with Crippen LogP contribution in [0.25, 0.3) is 11.4 Å². The number of carbonyl (C=O) groups excluding carboxylic acids is 1.